The second kappa shape index (κ2) is 5.99. The van der Waals surface area contributed by atoms with Gasteiger partial charge in [0.1, 0.15) is 17.9 Å². The molecule has 2 atom stereocenters. The summed E-state index contributed by atoms with van der Waals surface area (Å²) in [6.45, 7) is 4.07. The van der Waals surface area contributed by atoms with Crippen molar-refractivity contribution in [3.8, 4) is 0 Å². The van der Waals surface area contributed by atoms with Crippen LogP contribution in [-0.4, -0.2) is 32.4 Å². The van der Waals surface area contributed by atoms with Crippen LogP contribution in [0.5, 0.6) is 0 Å². The van der Waals surface area contributed by atoms with Crippen LogP contribution >= 0.6 is 0 Å². The first kappa shape index (κ1) is 13.8. The van der Waals surface area contributed by atoms with Crippen molar-refractivity contribution >= 4 is 11.3 Å². The number of hydrogen-bond acceptors (Lipinski definition) is 5. The van der Waals surface area contributed by atoms with Crippen molar-refractivity contribution in [2.45, 2.75) is 38.9 Å². The van der Waals surface area contributed by atoms with Crippen molar-refractivity contribution in [1.29, 1.82) is 0 Å². The SMILES string of the molecule is CC.Nc1ncnn2c(C3CCC(CO)O3)ccc12. The number of anilines is 1. The summed E-state index contributed by atoms with van der Waals surface area (Å²) in [6, 6.07) is 3.84. The molecule has 0 bridgehead atoms. The molecule has 2 aromatic heterocycles. The minimum Gasteiger partial charge on any atom is -0.394 e. The van der Waals surface area contributed by atoms with Gasteiger partial charge in [-0.15, -0.1) is 0 Å². The summed E-state index contributed by atoms with van der Waals surface area (Å²) in [5.74, 6) is 0.461. The number of ether oxygens (including phenoxy) is 1. The van der Waals surface area contributed by atoms with Gasteiger partial charge in [-0.3, -0.25) is 0 Å². The van der Waals surface area contributed by atoms with Gasteiger partial charge < -0.3 is 15.6 Å². The first-order valence-electron chi connectivity index (χ1n) is 6.64. The van der Waals surface area contributed by atoms with Crippen LogP contribution in [0.1, 0.15) is 38.5 Å². The molecule has 1 aliphatic heterocycles. The van der Waals surface area contributed by atoms with Gasteiger partial charge in [0.2, 0.25) is 0 Å². The number of nitrogens with zero attached hydrogens (tertiary/aromatic N) is 3. The fourth-order valence-electron chi connectivity index (χ4n) is 2.27. The third-order valence-electron chi connectivity index (χ3n) is 3.15. The van der Waals surface area contributed by atoms with Crippen LogP contribution in [0.15, 0.2) is 18.5 Å². The molecule has 6 heteroatoms. The van der Waals surface area contributed by atoms with E-state index in [0.717, 1.165) is 24.1 Å². The molecule has 0 radical (unpaired) electrons. The van der Waals surface area contributed by atoms with E-state index >= 15 is 0 Å². The van der Waals surface area contributed by atoms with E-state index < -0.39 is 0 Å². The van der Waals surface area contributed by atoms with Crippen LogP contribution in [0.3, 0.4) is 0 Å². The summed E-state index contributed by atoms with van der Waals surface area (Å²) in [5, 5.41) is 13.2. The number of rotatable bonds is 2. The van der Waals surface area contributed by atoms with Gasteiger partial charge in [-0.1, -0.05) is 13.8 Å². The molecule has 0 spiro atoms. The predicted molar refractivity (Wildman–Crippen MR) is 72.7 cm³/mol. The predicted octanol–water partition coefficient (Wildman–Crippen LogP) is 1.55. The fraction of sp³-hybridized carbons (Fsp3) is 0.538. The maximum atomic E-state index is 9.06. The second-order valence-electron chi connectivity index (χ2n) is 4.21. The summed E-state index contributed by atoms with van der Waals surface area (Å²) < 4.78 is 7.49. The van der Waals surface area contributed by atoms with Crippen molar-refractivity contribution in [2.24, 2.45) is 0 Å². The molecule has 1 aliphatic rings. The molecule has 0 aliphatic carbocycles. The Morgan fingerprint density at radius 3 is 2.89 bits per heavy atom. The van der Waals surface area contributed by atoms with E-state index in [1.165, 1.54) is 6.33 Å². The largest absolute Gasteiger partial charge is 0.394 e. The number of nitrogens with two attached hydrogens (primary N) is 1. The van der Waals surface area contributed by atoms with E-state index in [1.54, 1.807) is 4.52 Å². The minimum atomic E-state index is -0.0651. The van der Waals surface area contributed by atoms with Gasteiger partial charge in [0.05, 0.1) is 18.4 Å². The molecule has 104 valence electrons. The Morgan fingerprint density at radius 2 is 2.21 bits per heavy atom. The van der Waals surface area contributed by atoms with Crippen LogP contribution in [-0.2, 0) is 4.74 Å². The standard InChI is InChI=1S/C11H14N4O2.C2H6/c12-11-9-3-2-8(15(9)14-6-13-11)10-4-1-7(5-16)17-10;1-2/h2-3,6-7,10,16H,1,4-5H2,(H2,12,13,14);1-2H3. The molecule has 0 aromatic carbocycles. The molecular weight excluding hydrogens is 244 g/mol. The Labute approximate surface area is 112 Å². The zero-order chi connectivity index (χ0) is 13.8. The van der Waals surface area contributed by atoms with Crippen LogP contribution in [0, 0.1) is 0 Å². The zero-order valence-electron chi connectivity index (χ0n) is 11.3. The van der Waals surface area contributed by atoms with Crippen LogP contribution in [0.4, 0.5) is 5.82 Å². The summed E-state index contributed by atoms with van der Waals surface area (Å²) in [7, 11) is 0. The number of aliphatic hydroxyl groups excluding tert-OH is 1. The van der Waals surface area contributed by atoms with Crippen LogP contribution in [0.2, 0.25) is 0 Å². The number of aromatic nitrogens is 3. The molecule has 0 saturated carbocycles. The van der Waals surface area contributed by atoms with Gasteiger partial charge in [-0.2, -0.15) is 5.10 Å². The van der Waals surface area contributed by atoms with Crippen LogP contribution in [0.25, 0.3) is 5.52 Å². The van der Waals surface area contributed by atoms with E-state index in [2.05, 4.69) is 10.1 Å². The van der Waals surface area contributed by atoms with Gasteiger partial charge in [-0.25, -0.2) is 9.50 Å². The fourth-order valence-corrected chi connectivity index (χ4v) is 2.27. The lowest BCUT2D eigenvalue weighted by Crippen LogP contribution is -2.12. The van der Waals surface area contributed by atoms with Crippen molar-refractivity contribution in [1.82, 2.24) is 14.6 Å². The molecule has 0 amide bonds. The van der Waals surface area contributed by atoms with Crippen molar-refractivity contribution in [3.05, 3.63) is 24.2 Å². The second-order valence-corrected chi connectivity index (χ2v) is 4.21. The van der Waals surface area contributed by atoms with Crippen molar-refractivity contribution < 1.29 is 9.84 Å². The van der Waals surface area contributed by atoms with Gasteiger partial charge in [0.25, 0.3) is 0 Å². The van der Waals surface area contributed by atoms with Crippen molar-refractivity contribution in [2.75, 3.05) is 12.3 Å². The molecule has 3 N–H and O–H groups in total. The van der Waals surface area contributed by atoms with E-state index in [1.807, 2.05) is 26.0 Å². The van der Waals surface area contributed by atoms with E-state index in [0.29, 0.717) is 5.82 Å². The average Bonchev–Trinajstić information content (AvgIpc) is 3.07. The Balaban J connectivity index is 0.000000637. The molecule has 2 unspecified atom stereocenters. The molecule has 3 rings (SSSR count). The van der Waals surface area contributed by atoms with Gasteiger partial charge in [-0.05, 0) is 25.0 Å². The number of hydrogen-bond donors (Lipinski definition) is 2. The van der Waals surface area contributed by atoms with Gasteiger partial charge >= 0.3 is 0 Å². The molecule has 6 nitrogen and oxygen atoms in total. The Bertz CT molecular complexity index is 540. The minimum absolute atomic E-state index is 0.0241. The summed E-state index contributed by atoms with van der Waals surface area (Å²) in [6.07, 6.45) is 3.11. The zero-order valence-corrected chi connectivity index (χ0v) is 11.3. The molecular formula is C13H20N4O2. The summed E-state index contributed by atoms with van der Waals surface area (Å²) in [4.78, 5) is 3.94. The highest BCUT2D eigenvalue weighted by Gasteiger charge is 2.28. The molecule has 1 saturated heterocycles. The Morgan fingerprint density at radius 1 is 1.42 bits per heavy atom. The van der Waals surface area contributed by atoms with E-state index in [9.17, 15) is 0 Å². The Hall–Kier alpha value is -1.66. The molecule has 3 heterocycles. The monoisotopic (exact) mass is 264 g/mol. The topological polar surface area (TPSA) is 85.7 Å². The van der Waals surface area contributed by atoms with Crippen LogP contribution < -0.4 is 5.73 Å². The third-order valence-corrected chi connectivity index (χ3v) is 3.15. The number of aliphatic hydroxyl groups is 1. The lowest BCUT2D eigenvalue weighted by molar-refractivity contribution is 0.00856. The Kier molecular flexibility index (Phi) is 4.34. The average molecular weight is 264 g/mol. The van der Waals surface area contributed by atoms with Gasteiger partial charge in [0, 0.05) is 0 Å². The lowest BCUT2D eigenvalue weighted by atomic mass is 10.1. The van der Waals surface area contributed by atoms with E-state index in [4.69, 9.17) is 15.6 Å². The first-order valence-corrected chi connectivity index (χ1v) is 6.64. The first-order chi connectivity index (χ1) is 9.29. The number of fused-ring (bicyclic) bond motifs is 1. The summed E-state index contributed by atoms with van der Waals surface area (Å²) >= 11 is 0. The van der Waals surface area contributed by atoms with E-state index in [-0.39, 0.29) is 18.8 Å². The molecule has 19 heavy (non-hydrogen) atoms. The highest BCUT2D eigenvalue weighted by Crippen LogP contribution is 2.33. The maximum Gasteiger partial charge on any atom is 0.151 e. The highest BCUT2D eigenvalue weighted by atomic mass is 16.5. The normalized spacial score (nSPS) is 22.3. The smallest absolute Gasteiger partial charge is 0.151 e. The summed E-state index contributed by atoms with van der Waals surface area (Å²) in [5.41, 5.74) is 7.52. The molecule has 1 fully saturated rings. The maximum absolute atomic E-state index is 9.06. The highest BCUT2D eigenvalue weighted by molar-refractivity contribution is 5.65. The molecule has 2 aromatic rings. The number of nitrogen functional groups attached to an aromatic ring is 1. The lowest BCUT2D eigenvalue weighted by Gasteiger charge is -2.11. The quantitative estimate of drug-likeness (QED) is 0.859. The van der Waals surface area contributed by atoms with Crippen molar-refractivity contribution in [3.63, 3.8) is 0 Å². The third kappa shape index (κ3) is 2.54. The van der Waals surface area contributed by atoms with Gasteiger partial charge in [0.15, 0.2) is 5.82 Å².